The van der Waals surface area contributed by atoms with Crippen LogP contribution in [0.1, 0.15) is 13.8 Å². The number of esters is 1. The zero-order valence-electron chi connectivity index (χ0n) is 8.49. The highest BCUT2D eigenvalue weighted by Crippen LogP contribution is 1.93. The molecule has 0 aromatic rings. The largest absolute Gasteiger partial charge is 0.428 e. The third-order valence-corrected chi connectivity index (χ3v) is 1.48. The Bertz CT molecular complexity index is 196. The Balaban J connectivity index is 3.74. The lowest BCUT2D eigenvalue weighted by molar-refractivity contribution is -0.149. The van der Waals surface area contributed by atoms with Crippen molar-refractivity contribution in [2.24, 2.45) is 5.73 Å². The Kier molecular flexibility index (Phi) is 6.47. The number of rotatable bonds is 5. The number of ether oxygens (including phenoxy) is 2. The minimum Gasteiger partial charge on any atom is -0.428 e. The summed E-state index contributed by atoms with van der Waals surface area (Å²) in [6.07, 6.45) is -0.529. The third kappa shape index (κ3) is 5.36. The highest BCUT2D eigenvalue weighted by molar-refractivity contribution is 5.68. The van der Waals surface area contributed by atoms with Crippen LogP contribution in [0.4, 0.5) is 4.79 Å². The quantitative estimate of drug-likeness (QED) is 0.500. The first-order valence-electron chi connectivity index (χ1n) is 4.37. The SMILES string of the molecule is CCN(CCN)C(=O)OCOC(C)=O. The van der Waals surface area contributed by atoms with Gasteiger partial charge in [-0.2, -0.15) is 0 Å². The van der Waals surface area contributed by atoms with Crippen molar-refractivity contribution in [1.82, 2.24) is 4.90 Å². The maximum Gasteiger partial charge on any atom is 0.412 e. The Morgan fingerprint density at radius 3 is 2.43 bits per heavy atom. The summed E-state index contributed by atoms with van der Waals surface area (Å²) < 4.78 is 9.09. The van der Waals surface area contributed by atoms with Crippen LogP contribution in [0.15, 0.2) is 0 Å². The Hall–Kier alpha value is -1.30. The summed E-state index contributed by atoms with van der Waals surface area (Å²) >= 11 is 0. The number of carbonyl (C=O) groups excluding carboxylic acids is 2. The second kappa shape index (κ2) is 7.14. The van der Waals surface area contributed by atoms with E-state index in [1.807, 2.05) is 6.92 Å². The molecule has 0 saturated carbocycles. The van der Waals surface area contributed by atoms with E-state index in [9.17, 15) is 9.59 Å². The molecular formula is C8H16N2O4. The van der Waals surface area contributed by atoms with E-state index in [2.05, 4.69) is 9.47 Å². The van der Waals surface area contributed by atoms with Crippen molar-refractivity contribution >= 4 is 12.1 Å². The summed E-state index contributed by atoms with van der Waals surface area (Å²) in [6, 6.07) is 0. The van der Waals surface area contributed by atoms with Gasteiger partial charge in [0.2, 0.25) is 6.79 Å². The molecule has 0 atom stereocenters. The van der Waals surface area contributed by atoms with Crippen molar-refractivity contribution in [2.45, 2.75) is 13.8 Å². The molecule has 0 aromatic heterocycles. The molecule has 6 heteroatoms. The molecule has 0 heterocycles. The molecule has 0 spiro atoms. The second-order valence-corrected chi connectivity index (χ2v) is 2.53. The lowest BCUT2D eigenvalue weighted by Gasteiger charge is -2.18. The lowest BCUT2D eigenvalue weighted by atomic mass is 10.5. The Morgan fingerprint density at radius 1 is 1.36 bits per heavy atom. The molecule has 0 unspecified atom stereocenters. The molecular weight excluding hydrogens is 188 g/mol. The van der Waals surface area contributed by atoms with E-state index in [1.54, 1.807) is 0 Å². The van der Waals surface area contributed by atoms with Gasteiger partial charge >= 0.3 is 12.1 Å². The predicted molar refractivity (Wildman–Crippen MR) is 49.4 cm³/mol. The van der Waals surface area contributed by atoms with Gasteiger partial charge in [0.15, 0.2) is 0 Å². The lowest BCUT2D eigenvalue weighted by Crippen LogP contribution is -2.36. The van der Waals surface area contributed by atoms with Crippen LogP contribution in [0.3, 0.4) is 0 Å². The molecule has 82 valence electrons. The van der Waals surface area contributed by atoms with Crippen LogP contribution in [0.2, 0.25) is 0 Å². The fourth-order valence-electron chi connectivity index (χ4n) is 0.788. The van der Waals surface area contributed by atoms with Gasteiger partial charge in [-0.25, -0.2) is 4.79 Å². The zero-order chi connectivity index (χ0) is 11.0. The van der Waals surface area contributed by atoms with Gasteiger partial charge in [-0.15, -0.1) is 0 Å². The maximum absolute atomic E-state index is 11.2. The van der Waals surface area contributed by atoms with E-state index < -0.39 is 12.1 Å². The van der Waals surface area contributed by atoms with Gasteiger partial charge in [0.1, 0.15) is 0 Å². The molecule has 2 N–H and O–H groups in total. The molecule has 0 aromatic carbocycles. The van der Waals surface area contributed by atoms with E-state index in [0.29, 0.717) is 19.6 Å². The number of hydrogen-bond donors (Lipinski definition) is 1. The van der Waals surface area contributed by atoms with Crippen LogP contribution < -0.4 is 5.73 Å². The molecule has 6 nitrogen and oxygen atoms in total. The minimum atomic E-state index is -0.529. The van der Waals surface area contributed by atoms with Gasteiger partial charge in [-0.3, -0.25) is 4.79 Å². The number of nitrogens with two attached hydrogens (primary N) is 1. The third-order valence-electron chi connectivity index (χ3n) is 1.48. The van der Waals surface area contributed by atoms with Gasteiger partial charge in [0, 0.05) is 26.6 Å². The number of nitrogens with zero attached hydrogens (tertiary/aromatic N) is 1. The van der Waals surface area contributed by atoms with Gasteiger partial charge in [0.25, 0.3) is 0 Å². The molecule has 0 radical (unpaired) electrons. The predicted octanol–water partition coefficient (Wildman–Crippen LogP) is -0.0758. The van der Waals surface area contributed by atoms with E-state index >= 15 is 0 Å². The first-order valence-corrected chi connectivity index (χ1v) is 4.37. The summed E-state index contributed by atoms with van der Waals surface area (Å²) in [7, 11) is 0. The molecule has 14 heavy (non-hydrogen) atoms. The highest BCUT2D eigenvalue weighted by Gasteiger charge is 2.11. The zero-order valence-corrected chi connectivity index (χ0v) is 8.49. The van der Waals surface area contributed by atoms with E-state index in [-0.39, 0.29) is 6.79 Å². The molecule has 0 fully saturated rings. The second-order valence-electron chi connectivity index (χ2n) is 2.53. The first-order chi connectivity index (χ1) is 6.61. The molecule has 1 amide bonds. The molecule has 0 aliphatic carbocycles. The van der Waals surface area contributed by atoms with Crippen LogP contribution in [0, 0.1) is 0 Å². The standard InChI is InChI=1S/C8H16N2O4/c1-3-10(5-4-9)8(12)14-6-13-7(2)11/h3-6,9H2,1-2H3. The van der Waals surface area contributed by atoms with Crippen molar-refractivity contribution in [3.8, 4) is 0 Å². The average molecular weight is 204 g/mol. The van der Waals surface area contributed by atoms with Crippen molar-refractivity contribution in [3.05, 3.63) is 0 Å². The van der Waals surface area contributed by atoms with Crippen molar-refractivity contribution in [3.63, 3.8) is 0 Å². The Morgan fingerprint density at radius 2 is 2.00 bits per heavy atom. The highest BCUT2D eigenvalue weighted by atomic mass is 16.7. The number of hydrogen-bond acceptors (Lipinski definition) is 5. The van der Waals surface area contributed by atoms with Crippen LogP contribution in [0.25, 0.3) is 0 Å². The summed E-state index contributed by atoms with van der Waals surface area (Å²) in [5.41, 5.74) is 5.28. The molecule has 0 bridgehead atoms. The summed E-state index contributed by atoms with van der Waals surface area (Å²) in [4.78, 5) is 23.0. The van der Waals surface area contributed by atoms with Crippen LogP contribution in [0.5, 0.6) is 0 Å². The molecule has 0 rings (SSSR count). The maximum atomic E-state index is 11.2. The average Bonchev–Trinajstić information content (AvgIpc) is 2.13. The van der Waals surface area contributed by atoms with E-state index in [1.165, 1.54) is 11.8 Å². The van der Waals surface area contributed by atoms with E-state index in [0.717, 1.165) is 0 Å². The normalized spacial score (nSPS) is 9.36. The topological polar surface area (TPSA) is 81.9 Å². The fourth-order valence-corrected chi connectivity index (χ4v) is 0.788. The first kappa shape index (κ1) is 12.7. The van der Waals surface area contributed by atoms with Crippen molar-refractivity contribution in [1.29, 1.82) is 0 Å². The fraction of sp³-hybridized carbons (Fsp3) is 0.750. The van der Waals surface area contributed by atoms with Gasteiger partial charge in [0.05, 0.1) is 0 Å². The molecule has 0 saturated heterocycles. The summed E-state index contributed by atoms with van der Waals surface area (Å²) in [5.74, 6) is -0.486. The number of likely N-dealkylation sites (N-methyl/N-ethyl adjacent to an activating group) is 1. The van der Waals surface area contributed by atoms with Crippen LogP contribution in [-0.2, 0) is 14.3 Å². The minimum absolute atomic E-state index is 0.352. The molecule has 0 aliphatic heterocycles. The monoisotopic (exact) mass is 204 g/mol. The summed E-state index contributed by atoms with van der Waals surface area (Å²) in [5, 5.41) is 0. The summed E-state index contributed by atoms with van der Waals surface area (Å²) in [6.45, 7) is 4.01. The molecule has 0 aliphatic rings. The van der Waals surface area contributed by atoms with Gasteiger partial charge in [-0.1, -0.05) is 0 Å². The van der Waals surface area contributed by atoms with Crippen LogP contribution in [-0.4, -0.2) is 43.4 Å². The number of amides is 1. The van der Waals surface area contributed by atoms with Crippen molar-refractivity contribution < 1.29 is 19.1 Å². The van der Waals surface area contributed by atoms with Gasteiger partial charge in [-0.05, 0) is 6.92 Å². The smallest absolute Gasteiger partial charge is 0.412 e. The van der Waals surface area contributed by atoms with Crippen molar-refractivity contribution in [2.75, 3.05) is 26.4 Å². The Labute approximate surface area is 82.9 Å². The van der Waals surface area contributed by atoms with Crippen LogP contribution >= 0.6 is 0 Å². The van der Waals surface area contributed by atoms with Gasteiger partial charge < -0.3 is 20.1 Å². The number of carbonyl (C=O) groups is 2. The van der Waals surface area contributed by atoms with E-state index in [4.69, 9.17) is 5.73 Å².